The van der Waals surface area contributed by atoms with E-state index in [9.17, 15) is 9.59 Å². The van der Waals surface area contributed by atoms with Crippen molar-refractivity contribution in [1.82, 2.24) is 4.98 Å². The highest BCUT2D eigenvalue weighted by atomic mass is 16.5. The number of carbonyl (C=O) groups excluding carboxylic acids is 1. The van der Waals surface area contributed by atoms with Gasteiger partial charge in [0.25, 0.3) is 5.91 Å². The monoisotopic (exact) mass is 517 g/mol. The third-order valence-corrected chi connectivity index (χ3v) is 5.68. The fraction of sp³-hybridized carbons (Fsp3) is 0.179. The number of carboxylic acids is 1. The summed E-state index contributed by atoms with van der Waals surface area (Å²) in [5.41, 5.74) is 7.27. The van der Waals surface area contributed by atoms with Gasteiger partial charge < -0.3 is 35.1 Å². The van der Waals surface area contributed by atoms with Crippen LogP contribution in [0.4, 0.5) is 5.69 Å². The van der Waals surface area contributed by atoms with E-state index in [2.05, 4.69) is 10.3 Å². The lowest BCUT2D eigenvalue weighted by atomic mass is 10.1. The van der Waals surface area contributed by atoms with Gasteiger partial charge in [0.05, 0.1) is 26.3 Å². The van der Waals surface area contributed by atoms with Crippen LogP contribution in [0.25, 0.3) is 10.9 Å². The predicted octanol–water partition coefficient (Wildman–Crippen LogP) is 4.48. The van der Waals surface area contributed by atoms with Gasteiger partial charge >= 0.3 is 5.97 Å². The first-order valence-electron chi connectivity index (χ1n) is 11.7. The molecule has 1 aromatic heterocycles. The minimum absolute atomic E-state index is 0.104. The van der Waals surface area contributed by atoms with Crippen molar-refractivity contribution in [3.63, 3.8) is 0 Å². The molecule has 0 fully saturated rings. The summed E-state index contributed by atoms with van der Waals surface area (Å²) >= 11 is 0. The summed E-state index contributed by atoms with van der Waals surface area (Å²) in [6.07, 6.45) is 1.75. The van der Waals surface area contributed by atoms with Crippen LogP contribution in [0.1, 0.15) is 16.8 Å². The number of carbonyl (C=O) groups is 2. The van der Waals surface area contributed by atoms with Crippen molar-refractivity contribution in [3.05, 3.63) is 78.5 Å². The normalized spacial score (nSPS) is 11.4. The maximum atomic E-state index is 12.5. The molecule has 0 saturated carbocycles. The molecule has 0 bridgehead atoms. The lowest BCUT2D eigenvalue weighted by Crippen LogP contribution is -2.31. The molecule has 4 aromatic rings. The quantitative estimate of drug-likeness (QED) is 0.262. The molecule has 0 aliphatic carbocycles. The van der Waals surface area contributed by atoms with Gasteiger partial charge in [-0.3, -0.25) is 14.6 Å². The number of fused-ring (bicyclic) bond motifs is 1. The third kappa shape index (κ3) is 6.29. The number of pyridine rings is 1. The highest BCUT2D eigenvalue weighted by Crippen LogP contribution is 2.37. The molecule has 3 aromatic carbocycles. The van der Waals surface area contributed by atoms with E-state index in [0.29, 0.717) is 50.9 Å². The summed E-state index contributed by atoms with van der Waals surface area (Å²) in [5.74, 6) is 1.31. The lowest BCUT2D eigenvalue weighted by Gasteiger charge is -2.15. The lowest BCUT2D eigenvalue weighted by molar-refractivity contribution is -0.138. The summed E-state index contributed by atoms with van der Waals surface area (Å²) < 4.78 is 22.4. The van der Waals surface area contributed by atoms with Gasteiger partial charge in [0, 0.05) is 35.3 Å². The molecule has 0 radical (unpaired) electrons. The van der Waals surface area contributed by atoms with E-state index in [1.165, 1.54) is 7.11 Å². The number of amides is 1. The van der Waals surface area contributed by atoms with Crippen LogP contribution in [-0.2, 0) is 4.79 Å². The zero-order valence-corrected chi connectivity index (χ0v) is 20.8. The SMILES string of the molecule is COc1ccc(C(=O)Nc2ccc(Oc3ccnc4cc(OCCC(N)C(=O)O)c(OC)cc34)cc2)cc1. The van der Waals surface area contributed by atoms with Crippen LogP contribution >= 0.6 is 0 Å². The van der Waals surface area contributed by atoms with Crippen molar-refractivity contribution in [2.24, 2.45) is 5.73 Å². The second-order valence-corrected chi connectivity index (χ2v) is 8.22. The molecule has 10 heteroatoms. The number of nitrogens with two attached hydrogens (primary N) is 1. The molecule has 38 heavy (non-hydrogen) atoms. The first-order chi connectivity index (χ1) is 18.4. The van der Waals surface area contributed by atoms with E-state index in [0.717, 1.165) is 0 Å². The fourth-order valence-electron chi connectivity index (χ4n) is 3.59. The Kier molecular flexibility index (Phi) is 8.24. The van der Waals surface area contributed by atoms with Crippen LogP contribution in [-0.4, -0.2) is 48.8 Å². The molecule has 1 unspecified atom stereocenters. The maximum absolute atomic E-state index is 12.5. The van der Waals surface area contributed by atoms with Gasteiger partial charge in [-0.2, -0.15) is 0 Å². The Bertz CT molecular complexity index is 1420. The van der Waals surface area contributed by atoms with Gasteiger partial charge in [-0.15, -0.1) is 0 Å². The summed E-state index contributed by atoms with van der Waals surface area (Å²) in [6.45, 7) is 0.104. The Morgan fingerprint density at radius 3 is 2.29 bits per heavy atom. The zero-order valence-electron chi connectivity index (χ0n) is 20.8. The van der Waals surface area contributed by atoms with Crippen molar-refractivity contribution in [1.29, 1.82) is 0 Å². The number of ether oxygens (including phenoxy) is 4. The van der Waals surface area contributed by atoms with Gasteiger partial charge in [-0.25, -0.2) is 0 Å². The van der Waals surface area contributed by atoms with Gasteiger partial charge in [-0.1, -0.05) is 0 Å². The van der Waals surface area contributed by atoms with Crippen LogP contribution in [0.2, 0.25) is 0 Å². The van der Waals surface area contributed by atoms with Crippen LogP contribution in [0.15, 0.2) is 72.9 Å². The number of anilines is 1. The molecule has 1 amide bonds. The minimum atomic E-state index is -1.09. The van der Waals surface area contributed by atoms with Crippen LogP contribution in [0, 0.1) is 0 Å². The average Bonchev–Trinajstić information content (AvgIpc) is 2.93. The number of aliphatic carboxylic acids is 1. The number of aromatic nitrogens is 1. The molecule has 0 spiro atoms. The van der Waals surface area contributed by atoms with E-state index < -0.39 is 12.0 Å². The van der Waals surface area contributed by atoms with Gasteiger partial charge in [0.2, 0.25) is 0 Å². The van der Waals surface area contributed by atoms with Crippen molar-refractivity contribution < 1.29 is 33.6 Å². The Hall–Kier alpha value is -4.83. The number of nitrogens with one attached hydrogen (secondary N) is 1. The number of methoxy groups -OCH3 is 2. The van der Waals surface area contributed by atoms with Crippen molar-refractivity contribution >= 4 is 28.5 Å². The number of hydrogen-bond donors (Lipinski definition) is 3. The molecule has 0 saturated heterocycles. The van der Waals surface area contributed by atoms with E-state index in [4.69, 9.17) is 29.8 Å². The highest BCUT2D eigenvalue weighted by Gasteiger charge is 2.15. The molecular weight excluding hydrogens is 490 g/mol. The van der Waals surface area contributed by atoms with Gasteiger partial charge in [-0.05, 0) is 60.7 Å². The maximum Gasteiger partial charge on any atom is 0.320 e. The molecule has 1 atom stereocenters. The first kappa shape index (κ1) is 26.2. The molecule has 10 nitrogen and oxygen atoms in total. The Morgan fingerprint density at radius 1 is 0.921 bits per heavy atom. The largest absolute Gasteiger partial charge is 0.497 e. The van der Waals surface area contributed by atoms with E-state index in [1.54, 1.807) is 80.0 Å². The molecule has 0 aliphatic heterocycles. The smallest absolute Gasteiger partial charge is 0.320 e. The first-order valence-corrected chi connectivity index (χ1v) is 11.7. The molecule has 196 valence electrons. The summed E-state index contributed by atoms with van der Waals surface area (Å²) in [7, 11) is 3.08. The standard InChI is InChI=1S/C28H27N3O7/c1-35-19-7-3-17(4-8-19)27(32)31-18-5-9-20(10-6-18)38-24-11-13-30-23-16-26(25(36-2)15-21(23)24)37-14-12-22(29)28(33)34/h3-11,13,15-16,22H,12,14,29H2,1-2H3,(H,31,32)(H,33,34). The van der Waals surface area contributed by atoms with Crippen molar-refractivity contribution in [3.8, 4) is 28.7 Å². The molecule has 4 rings (SSSR count). The predicted molar refractivity (Wildman–Crippen MR) is 141 cm³/mol. The summed E-state index contributed by atoms with van der Waals surface area (Å²) in [4.78, 5) is 27.8. The van der Waals surface area contributed by atoms with Crippen LogP contribution in [0.3, 0.4) is 0 Å². The number of benzene rings is 3. The van der Waals surface area contributed by atoms with Crippen molar-refractivity contribution in [2.75, 3.05) is 26.1 Å². The fourth-order valence-corrected chi connectivity index (χ4v) is 3.59. The van der Waals surface area contributed by atoms with Crippen molar-refractivity contribution in [2.45, 2.75) is 12.5 Å². The summed E-state index contributed by atoms with van der Waals surface area (Å²) in [5, 5.41) is 12.5. The Morgan fingerprint density at radius 2 is 1.63 bits per heavy atom. The second-order valence-electron chi connectivity index (χ2n) is 8.22. The molecule has 4 N–H and O–H groups in total. The zero-order chi connectivity index (χ0) is 27.1. The Balaban J connectivity index is 1.46. The van der Waals surface area contributed by atoms with E-state index in [-0.39, 0.29) is 18.9 Å². The second kappa shape index (κ2) is 11.9. The number of rotatable bonds is 11. The van der Waals surface area contributed by atoms with E-state index in [1.807, 2.05) is 0 Å². The van der Waals surface area contributed by atoms with Gasteiger partial charge in [0.15, 0.2) is 11.5 Å². The number of carboxylic acid groups (broad SMARTS) is 1. The van der Waals surface area contributed by atoms with E-state index >= 15 is 0 Å². The number of nitrogens with zero attached hydrogens (tertiary/aromatic N) is 1. The van der Waals surface area contributed by atoms with Crippen LogP contribution in [0.5, 0.6) is 28.7 Å². The minimum Gasteiger partial charge on any atom is -0.497 e. The third-order valence-electron chi connectivity index (χ3n) is 5.68. The average molecular weight is 518 g/mol. The molecule has 0 aliphatic rings. The topological polar surface area (TPSA) is 142 Å². The van der Waals surface area contributed by atoms with Crippen LogP contribution < -0.4 is 30.0 Å². The summed E-state index contributed by atoms with van der Waals surface area (Å²) in [6, 6.07) is 18.0. The molecular formula is C28H27N3O7. The number of hydrogen-bond acceptors (Lipinski definition) is 8. The Labute approximate surface area is 218 Å². The molecule has 1 heterocycles. The highest BCUT2D eigenvalue weighted by molar-refractivity contribution is 6.04. The van der Waals surface area contributed by atoms with Gasteiger partial charge in [0.1, 0.15) is 23.3 Å².